The van der Waals surface area contributed by atoms with Crippen LogP contribution in [0.1, 0.15) is 45.9 Å². The van der Waals surface area contributed by atoms with E-state index in [1.165, 1.54) is 6.42 Å². The van der Waals surface area contributed by atoms with Crippen molar-refractivity contribution in [2.24, 2.45) is 16.4 Å². The fraction of sp³-hybridized carbons (Fsp3) is 0.526. The average Bonchev–Trinajstić information content (AvgIpc) is 2.79. The molecule has 2 aromatic rings. The summed E-state index contributed by atoms with van der Waals surface area (Å²) in [6.45, 7) is 8.94. The molecule has 5 heteroatoms. The van der Waals surface area contributed by atoms with Crippen LogP contribution in [0.5, 0.6) is 0 Å². The second kappa shape index (κ2) is 6.38. The zero-order valence-corrected chi connectivity index (χ0v) is 15.0. The predicted molar refractivity (Wildman–Crippen MR) is 96.8 cm³/mol. The fourth-order valence-electron chi connectivity index (χ4n) is 3.92. The van der Waals surface area contributed by atoms with Crippen LogP contribution in [-0.2, 0) is 11.3 Å². The van der Waals surface area contributed by atoms with Gasteiger partial charge >= 0.3 is 0 Å². The Kier molecular flexibility index (Phi) is 4.43. The number of benzene rings is 1. The van der Waals surface area contributed by atoms with Crippen LogP contribution < -0.4 is 5.43 Å². The van der Waals surface area contributed by atoms with Gasteiger partial charge in [-0.25, -0.2) is 10.4 Å². The number of hydrogen-bond donors (Lipinski definition) is 1. The van der Waals surface area contributed by atoms with Crippen LogP contribution in [0.25, 0.3) is 11.0 Å². The summed E-state index contributed by atoms with van der Waals surface area (Å²) in [5.74, 6) is 1.35. The molecule has 0 aliphatic heterocycles. The Bertz CT molecular complexity index is 788. The second-order valence-corrected chi connectivity index (χ2v) is 7.80. The van der Waals surface area contributed by atoms with Crippen molar-refractivity contribution < 1.29 is 4.79 Å². The van der Waals surface area contributed by atoms with Crippen LogP contribution >= 0.6 is 0 Å². The number of hydrogen-bond acceptors (Lipinski definition) is 3. The quantitative estimate of drug-likeness (QED) is 0.875. The molecule has 1 aliphatic carbocycles. The lowest BCUT2D eigenvalue weighted by atomic mass is 9.72. The SMILES string of the molecule is Cc1nc2ccccc2n1CC(=O)N/N=C1\C[C@@H](C)CC(C)(C)C1. The maximum atomic E-state index is 12.3. The summed E-state index contributed by atoms with van der Waals surface area (Å²) in [5, 5.41) is 4.40. The number of amides is 1. The molecule has 0 unspecified atom stereocenters. The van der Waals surface area contributed by atoms with Crippen molar-refractivity contribution in [3.8, 4) is 0 Å². The van der Waals surface area contributed by atoms with Crippen molar-refractivity contribution in [1.29, 1.82) is 0 Å². The van der Waals surface area contributed by atoms with E-state index >= 15 is 0 Å². The zero-order chi connectivity index (χ0) is 17.3. The van der Waals surface area contributed by atoms with Gasteiger partial charge in [0.2, 0.25) is 0 Å². The Labute approximate surface area is 143 Å². The minimum Gasteiger partial charge on any atom is -0.319 e. The molecule has 1 N–H and O–H groups in total. The van der Waals surface area contributed by atoms with Gasteiger partial charge in [-0.2, -0.15) is 5.10 Å². The molecular formula is C19H26N4O. The van der Waals surface area contributed by atoms with Crippen molar-refractivity contribution in [2.75, 3.05) is 0 Å². The summed E-state index contributed by atoms with van der Waals surface area (Å²) in [6, 6.07) is 7.86. The molecule has 1 saturated carbocycles. The Hall–Kier alpha value is -2.17. The number of para-hydroxylation sites is 2. The van der Waals surface area contributed by atoms with Crippen LogP contribution in [-0.4, -0.2) is 21.2 Å². The summed E-state index contributed by atoms with van der Waals surface area (Å²) >= 11 is 0. The standard InChI is InChI=1S/C19H26N4O/c1-13-9-15(11-19(3,4)10-13)21-22-18(24)12-23-14(2)20-16-7-5-6-8-17(16)23/h5-8,13H,9-12H2,1-4H3,(H,22,24)/b21-15+/t13-/m1/s1. The van der Waals surface area contributed by atoms with Crippen molar-refractivity contribution in [2.45, 2.75) is 53.5 Å². The first-order valence-corrected chi connectivity index (χ1v) is 8.60. The Morgan fingerprint density at radius 1 is 1.42 bits per heavy atom. The molecule has 0 bridgehead atoms. The Morgan fingerprint density at radius 2 is 2.17 bits per heavy atom. The molecule has 1 amide bonds. The molecule has 1 fully saturated rings. The molecule has 0 radical (unpaired) electrons. The molecule has 1 aromatic carbocycles. The monoisotopic (exact) mass is 326 g/mol. The molecule has 0 spiro atoms. The number of fused-ring (bicyclic) bond motifs is 1. The van der Waals surface area contributed by atoms with E-state index in [9.17, 15) is 4.79 Å². The normalized spacial score (nSPS) is 22.0. The van der Waals surface area contributed by atoms with Crippen LogP contribution in [0.4, 0.5) is 0 Å². The van der Waals surface area contributed by atoms with Gasteiger partial charge in [0.05, 0.1) is 11.0 Å². The summed E-state index contributed by atoms with van der Waals surface area (Å²) in [5.41, 5.74) is 5.99. The van der Waals surface area contributed by atoms with E-state index in [4.69, 9.17) is 0 Å². The van der Waals surface area contributed by atoms with Crippen molar-refractivity contribution >= 4 is 22.7 Å². The third-order valence-electron chi connectivity index (χ3n) is 4.65. The average molecular weight is 326 g/mol. The summed E-state index contributed by atoms with van der Waals surface area (Å²) in [7, 11) is 0. The van der Waals surface area contributed by atoms with Crippen molar-refractivity contribution in [3.63, 3.8) is 0 Å². The molecule has 3 rings (SSSR count). The van der Waals surface area contributed by atoms with Crippen LogP contribution in [0.2, 0.25) is 0 Å². The van der Waals surface area contributed by atoms with E-state index in [-0.39, 0.29) is 17.9 Å². The van der Waals surface area contributed by atoms with Gasteiger partial charge in [0.15, 0.2) is 0 Å². The van der Waals surface area contributed by atoms with Gasteiger partial charge in [0.25, 0.3) is 5.91 Å². The number of imidazole rings is 1. The van der Waals surface area contributed by atoms with Crippen LogP contribution in [0.3, 0.4) is 0 Å². The van der Waals surface area contributed by atoms with Gasteiger partial charge in [-0.05, 0) is 49.7 Å². The number of hydrazone groups is 1. The molecule has 1 aliphatic rings. The molecule has 128 valence electrons. The lowest BCUT2D eigenvalue weighted by molar-refractivity contribution is -0.121. The summed E-state index contributed by atoms with van der Waals surface area (Å²) < 4.78 is 1.93. The molecule has 1 heterocycles. The van der Waals surface area contributed by atoms with E-state index < -0.39 is 0 Å². The third-order valence-corrected chi connectivity index (χ3v) is 4.65. The first-order chi connectivity index (χ1) is 11.3. The highest BCUT2D eigenvalue weighted by Gasteiger charge is 2.29. The van der Waals surface area contributed by atoms with Gasteiger partial charge < -0.3 is 4.57 Å². The van der Waals surface area contributed by atoms with Crippen molar-refractivity contribution in [1.82, 2.24) is 15.0 Å². The fourth-order valence-corrected chi connectivity index (χ4v) is 3.92. The highest BCUT2D eigenvalue weighted by Crippen LogP contribution is 2.36. The Balaban J connectivity index is 1.69. The van der Waals surface area contributed by atoms with Crippen LogP contribution in [0, 0.1) is 18.3 Å². The molecule has 1 atom stereocenters. The summed E-state index contributed by atoms with van der Waals surface area (Å²) in [6.07, 6.45) is 3.13. The summed E-state index contributed by atoms with van der Waals surface area (Å²) in [4.78, 5) is 16.8. The number of aryl methyl sites for hydroxylation is 1. The molecule has 0 saturated heterocycles. The Morgan fingerprint density at radius 3 is 2.92 bits per heavy atom. The van der Waals surface area contributed by atoms with Crippen molar-refractivity contribution in [3.05, 3.63) is 30.1 Å². The topological polar surface area (TPSA) is 59.3 Å². The lowest BCUT2D eigenvalue weighted by Crippen LogP contribution is -2.31. The van der Waals surface area contributed by atoms with Gasteiger partial charge in [0, 0.05) is 5.71 Å². The van der Waals surface area contributed by atoms with E-state index in [1.807, 2.05) is 35.8 Å². The van der Waals surface area contributed by atoms with E-state index in [0.717, 1.165) is 35.4 Å². The first kappa shape index (κ1) is 16.7. The molecular weight excluding hydrogens is 300 g/mol. The number of nitrogens with zero attached hydrogens (tertiary/aromatic N) is 3. The van der Waals surface area contributed by atoms with Gasteiger partial charge in [-0.3, -0.25) is 4.79 Å². The molecule has 24 heavy (non-hydrogen) atoms. The second-order valence-electron chi connectivity index (χ2n) is 7.80. The number of rotatable bonds is 3. The van der Waals surface area contributed by atoms with E-state index in [2.05, 4.69) is 36.3 Å². The number of nitrogens with one attached hydrogen (secondary N) is 1. The number of aromatic nitrogens is 2. The maximum absolute atomic E-state index is 12.3. The maximum Gasteiger partial charge on any atom is 0.260 e. The minimum absolute atomic E-state index is 0.107. The van der Waals surface area contributed by atoms with E-state index in [1.54, 1.807) is 0 Å². The van der Waals surface area contributed by atoms with Crippen LogP contribution in [0.15, 0.2) is 29.4 Å². The molecule has 5 nitrogen and oxygen atoms in total. The smallest absolute Gasteiger partial charge is 0.260 e. The highest BCUT2D eigenvalue weighted by atomic mass is 16.2. The number of carbonyl (C=O) groups is 1. The zero-order valence-electron chi connectivity index (χ0n) is 15.0. The van der Waals surface area contributed by atoms with E-state index in [0.29, 0.717) is 5.92 Å². The van der Waals surface area contributed by atoms with Gasteiger partial charge in [-0.15, -0.1) is 0 Å². The molecule has 1 aromatic heterocycles. The largest absolute Gasteiger partial charge is 0.319 e. The minimum atomic E-state index is -0.107. The first-order valence-electron chi connectivity index (χ1n) is 8.60. The van der Waals surface area contributed by atoms with Gasteiger partial charge in [-0.1, -0.05) is 32.9 Å². The highest BCUT2D eigenvalue weighted by molar-refractivity contribution is 5.88. The third kappa shape index (κ3) is 3.66. The number of carbonyl (C=O) groups excluding carboxylic acids is 1. The lowest BCUT2D eigenvalue weighted by Gasteiger charge is -2.34. The predicted octanol–water partition coefficient (Wildman–Crippen LogP) is 3.66. The van der Waals surface area contributed by atoms with Gasteiger partial charge in [0.1, 0.15) is 12.4 Å².